The van der Waals surface area contributed by atoms with Crippen LogP contribution in [0.15, 0.2) is 18.2 Å². The maximum atomic E-state index is 13.7. The Balaban J connectivity index is 1.92. The van der Waals surface area contributed by atoms with Gasteiger partial charge in [-0.15, -0.1) is 0 Å². The van der Waals surface area contributed by atoms with Crippen LogP contribution in [0, 0.1) is 5.82 Å². The van der Waals surface area contributed by atoms with Gasteiger partial charge in [0.1, 0.15) is 5.82 Å². The number of nitrogens with one attached hydrogen (secondary N) is 1. The van der Waals surface area contributed by atoms with Crippen molar-refractivity contribution in [3.63, 3.8) is 0 Å². The predicted molar refractivity (Wildman–Crippen MR) is 67.3 cm³/mol. The molecule has 0 bridgehead atoms. The molecule has 1 heterocycles. The second-order valence-corrected chi connectivity index (χ2v) is 5.42. The van der Waals surface area contributed by atoms with Crippen LogP contribution in [0.25, 0.3) is 0 Å². The second-order valence-electron chi connectivity index (χ2n) is 4.98. The monoisotopic (exact) mass is 268 g/mol. The van der Waals surface area contributed by atoms with E-state index >= 15 is 0 Å². The molecule has 3 rings (SSSR count). The van der Waals surface area contributed by atoms with Crippen LogP contribution in [-0.4, -0.2) is 36.0 Å². The normalized spacial score (nSPS) is 21.1. The van der Waals surface area contributed by atoms with E-state index in [1.54, 1.807) is 4.90 Å². The Morgan fingerprint density at radius 1 is 1.44 bits per heavy atom. The van der Waals surface area contributed by atoms with Gasteiger partial charge in [-0.25, -0.2) is 4.39 Å². The number of piperazine rings is 1. The molecule has 1 aliphatic carbocycles. The lowest BCUT2D eigenvalue weighted by molar-refractivity contribution is 0.0596. The quantitative estimate of drug-likeness (QED) is 0.846. The molecule has 0 unspecified atom stereocenters. The van der Waals surface area contributed by atoms with Crippen LogP contribution in [-0.2, 0) is 0 Å². The summed E-state index contributed by atoms with van der Waals surface area (Å²) >= 11 is 5.84. The van der Waals surface area contributed by atoms with E-state index in [1.807, 2.05) is 0 Å². The second kappa shape index (κ2) is 4.21. The van der Waals surface area contributed by atoms with Crippen molar-refractivity contribution in [3.8, 4) is 0 Å². The smallest absolute Gasteiger partial charge is 0.257 e. The molecule has 1 amide bonds. The highest BCUT2D eigenvalue weighted by Crippen LogP contribution is 2.43. The van der Waals surface area contributed by atoms with Crippen LogP contribution in [0.5, 0.6) is 0 Å². The average Bonchev–Trinajstić information content (AvgIpc) is 3.12. The third-order valence-corrected chi connectivity index (χ3v) is 4.01. The zero-order chi connectivity index (χ0) is 12.8. The highest BCUT2D eigenvalue weighted by atomic mass is 35.5. The molecule has 1 aromatic rings. The lowest BCUT2D eigenvalue weighted by Crippen LogP contribution is -2.55. The number of amides is 1. The minimum absolute atomic E-state index is 0.0793. The first kappa shape index (κ1) is 11.9. The molecule has 1 N–H and O–H groups in total. The Bertz CT molecular complexity index is 502. The Kier molecular flexibility index (Phi) is 2.79. The molecule has 1 saturated carbocycles. The molecular formula is C13H14ClFN2O. The van der Waals surface area contributed by atoms with Gasteiger partial charge in [0, 0.05) is 24.7 Å². The van der Waals surface area contributed by atoms with E-state index in [2.05, 4.69) is 5.32 Å². The summed E-state index contributed by atoms with van der Waals surface area (Å²) < 4.78 is 13.7. The van der Waals surface area contributed by atoms with Gasteiger partial charge in [0.15, 0.2) is 0 Å². The number of benzene rings is 1. The molecule has 0 atom stereocenters. The van der Waals surface area contributed by atoms with Gasteiger partial charge in [-0.3, -0.25) is 4.79 Å². The summed E-state index contributed by atoms with van der Waals surface area (Å²) in [5.41, 5.74) is 0.0000539. The van der Waals surface area contributed by atoms with Crippen LogP contribution < -0.4 is 5.32 Å². The molecule has 1 aliphatic heterocycles. The Labute approximate surface area is 110 Å². The molecule has 1 saturated heterocycles. The molecular weight excluding hydrogens is 255 g/mol. The van der Waals surface area contributed by atoms with E-state index in [0.29, 0.717) is 11.6 Å². The molecule has 0 radical (unpaired) electrons. The van der Waals surface area contributed by atoms with E-state index in [4.69, 9.17) is 11.6 Å². The summed E-state index contributed by atoms with van der Waals surface area (Å²) in [5.74, 6) is -0.743. The van der Waals surface area contributed by atoms with E-state index in [0.717, 1.165) is 25.9 Å². The van der Waals surface area contributed by atoms with E-state index < -0.39 is 5.82 Å². The summed E-state index contributed by atoms with van der Waals surface area (Å²) in [5, 5.41) is 3.67. The van der Waals surface area contributed by atoms with Crippen molar-refractivity contribution in [2.24, 2.45) is 0 Å². The standard InChI is InChI=1S/C13H14ClFN2O/c14-9-1-2-11(15)10(7-9)12(18)17-6-5-16-8-13(17)3-4-13/h1-2,7,16H,3-6,8H2. The molecule has 2 aliphatic rings. The van der Waals surface area contributed by atoms with Gasteiger partial charge >= 0.3 is 0 Å². The number of carbonyl (C=O) groups is 1. The fraction of sp³-hybridized carbons (Fsp3) is 0.462. The number of hydrogen-bond acceptors (Lipinski definition) is 2. The molecule has 1 spiro atoms. The van der Waals surface area contributed by atoms with E-state index in [-0.39, 0.29) is 17.0 Å². The lowest BCUT2D eigenvalue weighted by atomic mass is 10.1. The van der Waals surface area contributed by atoms with Crippen molar-refractivity contribution >= 4 is 17.5 Å². The van der Waals surface area contributed by atoms with Gasteiger partial charge in [-0.1, -0.05) is 11.6 Å². The Hall–Kier alpha value is -1.13. The topological polar surface area (TPSA) is 32.3 Å². The summed E-state index contributed by atoms with van der Waals surface area (Å²) in [4.78, 5) is 14.2. The average molecular weight is 269 g/mol. The number of halogens is 2. The first-order valence-electron chi connectivity index (χ1n) is 6.10. The van der Waals surface area contributed by atoms with Crippen molar-refractivity contribution in [2.75, 3.05) is 19.6 Å². The SMILES string of the molecule is O=C(c1cc(Cl)ccc1F)N1CCNCC12CC2. The Morgan fingerprint density at radius 2 is 2.22 bits per heavy atom. The van der Waals surface area contributed by atoms with Gasteiger partial charge in [0.25, 0.3) is 5.91 Å². The van der Waals surface area contributed by atoms with Gasteiger partial charge in [-0.05, 0) is 31.0 Å². The molecule has 18 heavy (non-hydrogen) atoms. The van der Waals surface area contributed by atoms with Crippen molar-refractivity contribution in [2.45, 2.75) is 18.4 Å². The third-order valence-electron chi connectivity index (χ3n) is 3.77. The first-order chi connectivity index (χ1) is 8.62. The summed E-state index contributed by atoms with van der Waals surface area (Å²) in [6.07, 6.45) is 1.99. The Morgan fingerprint density at radius 3 is 2.94 bits per heavy atom. The zero-order valence-corrected chi connectivity index (χ0v) is 10.6. The number of rotatable bonds is 1. The van der Waals surface area contributed by atoms with E-state index in [1.165, 1.54) is 18.2 Å². The maximum Gasteiger partial charge on any atom is 0.257 e. The fourth-order valence-electron chi connectivity index (χ4n) is 2.56. The molecule has 3 nitrogen and oxygen atoms in total. The van der Waals surface area contributed by atoms with Crippen molar-refractivity contribution in [3.05, 3.63) is 34.6 Å². The summed E-state index contributed by atoms with van der Waals surface area (Å²) in [6.45, 7) is 2.20. The van der Waals surface area contributed by atoms with Gasteiger partial charge in [0.2, 0.25) is 0 Å². The highest BCUT2D eigenvalue weighted by molar-refractivity contribution is 6.31. The number of nitrogens with zero attached hydrogens (tertiary/aromatic N) is 1. The minimum Gasteiger partial charge on any atom is -0.330 e. The molecule has 5 heteroatoms. The zero-order valence-electron chi connectivity index (χ0n) is 9.88. The largest absolute Gasteiger partial charge is 0.330 e. The number of hydrogen-bond donors (Lipinski definition) is 1. The minimum atomic E-state index is -0.501. The number of carbonyl (C=O) groups excluding carboxylic acids is 1. The molecule has 2 fully saturated rings. The van der Waals surface area contributed by atoms with Crippen LogP contribution in [0.3, 0.4) is 0 Å². The highest BCUT2D eigenvalue weighted by Gasteiger charge is 2.51. The third kappa shape index (κ3) is 1.89. The fourth-order valence-corrected chi connectivity index (χ4v) is 2.73. The van der Waals surface area contributed by atoms with E-state index in [9.17, 15) is 9.18 Å². The maximum absolute atomic E-state index is 13.7. The van der Waals surface area contributed by atoms with Crippen LogP contribution in [0.1, 0.15) is 23.2 Å². The van der Waals surface area contributed by atoms with Gasteiger partial charge in [-0.2, -0.15) is 0 Å². The predicted octanol–water partition coefficient (Wildman–Crippen LogP) is 2.06. The molecule has 96 valence electrons. The summed E-state index contributed by atoms with van der Waals surface area (Å²) in [7, 11) is 0. The summed E-state index contributed by atoms with van der Waals surface area (Å²) in [6, 6.07) is 4.12. The van der Waals surface area contributed by atoms with Crippen molar-refractivity contribution < 1.29 is 9.18 Å². The van der Waals surface area contributed by atoms with Gasteiger partial charge in [0.05, 0.1) is 11.1 Å². The molecule has 0 aromatic heterocycles. The van der Waals surface area contributed by atoms with Crippen molar-refractivity contribution in [1.82, 2.24) is 10.2 Å². The first-order valence-corrected chi connectivity index (χ1v) is 6.48. The molecule has 1 aromatic carbocycles. The lowest BCUT2D eigenvalue weighted by Gasteiger charge is -2.37. The van der Waals surface area contributed by atoms with Crippen molar-refractivity contribution in [1.29, 1.82) is 0 Å². The van der Waals surface area contributed by atoms with Crippen LogP contribution in [0.4, 0.5) is 4.39 Å². The van der Waals surface area contributed by atoms with Gasteiger partial charge < -0.3 is 10.2 Å². The van der Waals surface area contributed by atoms with Crippen LogP contribution in [0.2, 0.25) is 5.02 Å². The van der Waals surface area contributed by atoms with Crippen LogP contribution >= 0.6 is 11.6 Å².